The number of hydrogen-bond donors (Lipinski definition) is 2. The van der Waals surface area contributed by atoms with Gasteiger partial charge in [0.1, 0.15) is 22.3 Å². The molecule has 3 N–H and O–H groups in total. The third kappa shape index (κ3) is 3.30. The predicted molar refractivity (Wildman–Crippen MR) is 77.6 cm³/mol. The van der Waals surface area contributed by atoms with Crippen LogP contribution < -0.4 is 11.1 Å². The summed E-state index contributed by atoms with van der Waals surface area (Å²) in [6.07, 6.45) is 2.38. The number of anilines is 1. The minimum absolute atomic E-state index is 0.0390. The van der Waals surface area contributed by atoms with E-state index in [1.165, 1.54) is 0 Å². The van der Waals surface area contributed by atoms with Crippen molar-refractivity contribution in [1.82, 2.24) is 9.78 Å². The zero-order chi connectivity index (χ0) is 14.7. The molecule has 0 fully saturated rings. The molecule has 106 valence electrons. The van der Waals surface area contributed by atoms with Crippen molar-refractivity contribution in [2.24, 2.45) is 12.8 Å². The van der Waals surface area contributed by atoms with Crippen LogP contribution in [0.2, 0.25) is 0 Å². The van der Waals surface area contributed by atoms with E-state index in [2.05, 4.69) is 10.4 Å². The summed E-state index contributed by atoms with van der Waals surface area (Å²) in [5.41, 5.74) is 6.19. The summed E-state index contributed by atoms with van der Waals surface area (Å²) in [6.45, 7) is 0.372. The van der Waals surface area contributed by atoms with Crippen molar-refractivity contribution in [2.45, 2.75) is 6.42 Å². The summed E-state index contributed by atoms with van der Waals surface area (Å²) in [4.78, 5) is -0.0390. The van der Waals surface area contributed by atoms with Crippen molar-refractivity contribution in [3.05, 3.63) is 47.3 Å². The van der Waals surface area contributed by atoms with Crippen LogP contribution in [0.3, 0.4) is 0 Å². The third-order valence-electron chi connectivity index (χ3n) is 2.78. The van der Waals surface area contributed by atoms with E-state index < -0.39 is 11.6 Å². The number of halogens is 2. The Labute approximate surface area is 120 Å². The van der Waals surface area contributed by atoms with Gasteiger partial charge in [-0.3, -0.25) is 4.68 Å². The van der Waals surface area contributed by atoms with Crippen molar-refractivity contribution in [3.8, 4) is 0 Å². The van der Waals surface area contributed by atoms with Crippen molar-refractivity contribution in [3.63, 3.8) is 0 Å². The Morgan fingerprint density at radius 2 is 2.05 bits per heavy atom. The van der Waals surface area contributed by atoms with Crippen LogP contribution in [0.1, 0.15) is 11.3 Å². The molecule has 0 aliphatic carbocycles. The Balaban J connectivity index is 2.04. The molecule has 0 aliphatic heterocycles. The molecule has 2 rings (SSSR count). The number of thiocarbonyl (C=S) groups is 1. The fraction of sp³-hybridized carbons (Fsp3) is 0.231. The highest BCUT2D eigenvalue weighted by atomic mass is 32.1. The topological polar surface area (TPSA) is 55.9 Å². The Morgan fingerprint density at radius 3 is 2.55 bits per heavy atom. The number of benzene rings is 1. The quantitative estimate of drug-likeness (QED) is 0.829. The maximum Gasteiger partial charge on any atom is 0.150 e. The second kappa shape index (κ2) is 5.96. The molecule has 0 saturated carbocycles. The largest absolute Gasteiger partial charge is 0.389 e. The first-order valence-electron chi connectivity index (χ1n) is 5.98. The van der Waals surface area contributed by atoms with Crippen LogP contribution in [0.5, 0.6) is 0 Å². The van der Waals surface area contributed by atoms with Crippen molar-refractivity contribution >= 4 is 22.9 Å². The molecular formula is C13H14F2N4S. The Kier molecular flexibility index (Phi) is 4.29. The van der Waals surface area contributed by atoms with Gasteiger partial charge in [0.05, 0.1) is 5.69 Å². The van der Waals surface area contributed by atoms with E-state index in [4.69, 9.17) is 18.0 Å². The number of aromatic nitrogens is 2. The molecule has 1 aromatic heterocycles. The molecule has 1 heterocycles. The lowest BCUT2D eigenvalue weighted by Crippen LogP contribution is -2.13. The molecule has 0 amide bonds. The first-order valence-corrected chi connectivity index (χ1v) is 6.39. The highest BCUT2D eigenvalue weighted by molar-refractivity contribution is 7.80. The molecule has 4 nitrogen and oxygen atoms in total. The molecule has 0 radical (unpaired) electrons. The average Bonchev–Trinajstić information content (AvgIpc) is 2.78. The molecule has 0 atom stereocenters. The van der Waals surface area contributed by atoms with E-state index in [1.807, 2.05) is 19.3 Å². The summed E-state index contributed by atoms with van der Waals surface area (Å²) in [5.74, 6) is -1.43. The summed E-state index contributed by atoms with van der Waals surface area (Å²) in [6, 6.07) is 4.09. The fourth-order valence-electron chi connectivity index (χ4n) is 1.80. The molecule has 2 aromatic rings. The normalized spacial score (nSPS) is 10.6. The van der Waals surface area contributed by atoms with Gasteiger partial charge in [0.2, 0.25) is 0 Å². The molecule has 0 aliphatic rings. The summed E-state index contributed by atoms with van der Waals surface area (Å²) in [7, 11) is 1.81. The van der Waals surface area contributed by atoms with Gasteiger partial charge < -0.3 is 11.1 Å². The van der Waals surface area contributed by atoms with E-state index in [9.17, 15) is 8.78 Å². The van der Waals surface area contributed by atoms with Gasteiger partial charge in [-0.15, -0.1) is 0 Å². The Bertz CT molecular complexity index is 616. The van der Waals surface area contributed by atoms with E-state index >= 15 is 0 Å². The van der Waals surface area contributed by atoms with E-state index in [0.29, 0.717) is 13.0 Å². The predicted octanol–water partition coefficient (Wildman–Crippen LogP) is 1.99. The summed E-state index contributed by atoms with van der Waals surface area (Å²) < 4.78 is 29.2. The minimum Gasteiger partial charge on any atom is -0.389 e. The molecule has 0 unspecified atom stereocenters. The fourth-order valence-corrected chi connectivity index (χ4v) is 1.91. The zero-order valence-electron chi connectivity index (χ0n) is 10.9. The summed E-state index contributed by atoms with van der Waals surface area (Å²) in [5, 5.41) is 6.90. The molecule has 7 heteroatoms. The van der Waals surface area contributed by atoms with Gasteiger partial charge >= 0.3 is 0 Å². The van der Waals surface area contributed by atoms with E-state index in [-0.39, 0.29) is 16.2 Å². The smallest absolute Gasteiger partial charge is 0.150 e. The van der Waals surface area contributed by atoms with Crippen molar-refractivity contribution in [1.29, 1.82) is 0 Å². The lowest BCUT2D eigenvalue weighted by molar-refractivity contribution is 0.587. The van der Waals surface area contributed by atoms with Crippen LogP contribution in [-0.2, 0) is 13.5 Å². The number of hydrogen-bond acceptors (Lipinski definition) is 3. The van der Waals surface area contributed by atoms with E-state index in [1.54, 1.807) is 4.68 Å². The second-order valence-electron chi connectivity index (χ2n) is 4.34. The standard InChI is InChI=1S/C13H14F2N4S/c1-19-5-3-9(18-19)2-4-17-12-10(14)6-8(13(16)20)7-11(12)15/h3,5-7,17H,2,4H2,1H3,(H2,16,20). The van der Waals surface area contributed by atoms with Crippen LogP contribution in [0, 0.1) is 11.6 Å². The van der Waals surface area contributed by atoms with Crippen LogP contribution >= 0.6 is 12.2 Å². The maximum atomic E-state index is 13.8. The number of nitrogens with zero attached hydrogens (tertiary/aromatic N) is 2. The van der Waals surface area contributed by atoms with Gasteiger partial charge in [0, 0.05) is 31.8 Å². The van der Waals surface area contributed by atoms with Gasteiger partial charge in [0.15, 0.2) is 0 Å². The Hall–Kier alpha value is -2.02. The lowest BCUT2D eigenvalue weighted by Gasteiger charge is -2.09. The number of nitrogens with two attached hydrogens (primary N) is 1. The summed E-state index contributed by atoms with van der Waals surface area (Å²) >= 11 is 4.69. The van der Waals surface area contributed by atoms with E-state index in [0.717, 1.165) is 17.8 Å². The molecule has 1 aromatic carbocycles. The molecular weight excluding hydrogens is 282 g/mol. The highest BCUT2D eigenvalue weighted by Crippen LogP contribution is 2.20. The minimum atomic E-state index is -0.714. The second-order valence-corrected chi connectivity index (χ2v) is 4.78. The maximum absolute atomic E-state index is 13.8. The first-order chi connectivity index (χ1) is 9.47. The molecule has 0 saturated heterocycles. The van der Waals surface area contributed by atoms with Crippen molar-refractivity contribution in [2.75, 3.05) is 11.9 Å². The van der Waals surface area contributed by atoms with Crippen molar-refractivity contribution < 1.29 is 8.78 Å². The van der Waals surface area contributed by atoms with Gasteiger partial charge in [-0.2, -0.15) is 5.10 Å². The monoisotopic (exact) mass is 296 g/mol. The van der Waals surface area contributed by atoms with Crippen LogP contribution in [0.15, 0.2) is 24.4 Å². The Morgan fingerprint density at radius 1 is 1.40 bits per heavy atom. The van der Waals surface area contributed by atoms with Gasteiger partial charge in [0.25, 0.3) is 0 Å². The molecule has 20 heavy (non-hydrogen) atoms. The highest BCUT2D eigenvalue weighted by Gasteiger charge is 2.12. The first kappa shape index (κ1) is 14.4. The third-order valence-corrected chi connectivity index (χ3v) is 3.01. The average molecular weight is 296 g/mol. The number of aryl methyl sites for hydroxylation is 1. The van der Waals surface area contributed by atoms with Crippen LogP contribution in [0.4, 0.5) is 14.5 Å². The van der Waals surface area contributed by atoms with Crippen LogP contribution in [-0.4, -0.2) is 21.3 Å². The SMILES string of the molecule is Cn1ccc(CCNc2c(F)cc(C(N)=S)cc2F)n1. The van der Waals surface area contributed by atoms with Crippen LogP contribution in [0.25, 0.3) is 0 Å². The van der Waals surface area contributed by atoms with Gasteiger partial charge in [-0.1, -0.05) is 12.2 Å². The lowest BCUT2D eigenvalue weighted by atomic mass is 10.2. The number of nitrogens with one attached hydrogen (secondary N) is 1. The zero-order valence-corrected chi connectivity index (χ0v) is 11.7. The van der Waals surface area contributed by atoms with Gasteiger partial charge in [-0.05, 0) is 18.2 Å². The van der Waals surface area contributed by atoms with Gasteiger partial charge in [-0.25, -0.2) is 8.78 Å². The molecule has 0 bridgehead atoms. The number of rotatable bonds is 5. The molecule has 0 spiro atoms.